The first-order valence-electron chi connectivity index (χ1n) is 5.40. The first kappa shape index (κ1) is 8.92. The second-order valence-corrected chi connectivity index (χ2v) is 6.72. The summed E-state index contributed by atoms with van der Waals surface area (Å²) < 4.78 is 0. The minimum atomic E-state index is 0.299. The molecule has 0 saturated heterocycles. The molecule has 2 aromatic carbocycles. The smallest absolute Gasteiger partial charge is 0.0215 e. The molecule has 0 atom stereocenters. The summed E-state index contributed by atoms with van der Waals surface area (Å²) in [5.41, 5.74) is 5.90. The summed E-state index contributed by atoms with van der Waals surface area (Å²) in [4.78, 5) is 0. The summed E-state index contributed by atoms with van der Waals surface area (Å²) in [5.74, 6) is 0. The van der Waals surface area contributed by atoms with Gasteiger partial charge in [0, 0.05) is 15.3 Å². The molecule has 0 amide bonds. The van der Waals surface area contributed by atoms with Gasteiger partial charge in [0.1, 0.15) is 0 Å². The summed E-state index contributed by atoms with van der Waals surface area (Å²) in [6.07, 6.45) is 0. The Hall–Kier alpha value is -1.34. The summed E-state index contributed by atoms with van der Waals surface area (Å²) >= 11 is 0. The maximum atomic E-state index is 2.36. The van der Waals surface area contributed by atoms with Crippen LogP contribution in [0.5, 0.6) is 0 Å². The normalized spacial score (nSPS) is 16.1. The van der Waals surface area contributed by atoms with Crippen molar-refractivity contribution in [2.24, 2.45) is 0 Å². The van der Waals surface area contributed by atoms with Gasteiger partial charge in [-0.15, -0.1) is 0 Å². The van der Waals surface area contributed by atoms with Crippen molar-refractivity contribution < 1.29 is 0 Å². The van der Waals surface area contributed by atoms with Crippen molar-refractivity contribution in [3.63, 3.8) is 0 Å². The lowest BCUT2D eigenvalue weighted by Crippen LogP contribution is -2.20. The molecule has 0 nitrogen and oxygen atoms in total. The van der Waals surface area contributed by atoms with Gasteiger partial charge in [-0.05, 0) is 22.3 Å². The Labute approximate surface area is 93.4 Å². The summed E-state index contributed by atoms with van der Waals surface area (Å²) in [7, 11) is 1.16. The van der Waals surface area contributed by atoms with Crippen LogP contribution in [0.3, 0.4) is 0 Å². The van der Waals surface area contributed by atoms with Crippen LogP contribution in [0.4, 0.5) is 0 Å². The molecule has 74 valence electrons. The lowest BCUT2D eigenvalue weighted by atomic mass is 9.98. The molecular weight excluding hydrogens is 196 g/mol. The maximum absolute atomic E-state index is 2.36. The highest BCUT2D eigenvalue weighted by Crippen LogP contribution is 2.46. The molecule has 1 heteroatoms. The largest absolute Gasteiger partial charge is 0.0619 e. The summed E-state index contributed by atoms with van der Waals surface area (Å²) in [6, 6.07) is 17.6. The highest BCUT2D eigenvalue weighted by molar-refractivity contribution is 6.21. The molecule has 0 radical (unpaired) electrons. The lowest BCUT2D eigenvalue weighted by Gasteiger charge is -2.21. The van der Waals surface area contributed by atoms with E-state index in [1.807, 2.05) is 0 Å². The van der Waals surface area contributed by atoms with Gasteiger partial charge in [-0.1, -0.05) is 55.5 Å². The van der Waals surface area contributed by atoms with Gasteiger partial charge in [-0.25, -0.2) is 0 Å². The molecule has 0 spiro atoms. The molecule has 0 fully saturated rings. The highest BCUT2D eigenvalue weighted by Gasteiger charge is 2.34. The molecule has 0 aliphatic heterocycles. The zero-order chi connectivity index (χ0) is 10.5. The van der Waals surface area contributed by atoms with Crippen LogP contribution in [0.1, 0.15) is 18.1 Å². The van der Waals surface area contributed by atoms with Crippen LogP contribution >= 0.6 is 0 Å². The number of benzene rings is 2. The quantitative estimate of drug-likeness (QED) is 0.585. The minimum Gasteiger partial charge on any atom is -0.0619 e. The molecule has 0 saturated carbocycles. The molecule has 0 aromatic heterocycles. The van der Waals surface area contributed by atoms with Crippen molar-refractivity contribution in [3.8, 4) is 11.1 Å². The fraction of sp³-hybridized carbons (Fsp3) is 0.143. The molecule has 0 N–H and O–H groups in total. The van der Waals surface area contributed by atoms with Gasteiger partial charge in [0.2, 0.25) is 0 Å². The molecule has 1 aliphatic carbocycles. The Bertz CT molecular complexity index is 479. The average molecular weight is 210 g/mol. The third-order valence-electron chi connectivity index (χ3n) is 3.49. The van der Waals surface area contributed by atoms with E-state index in [1.165, 1.54) is 22.3 Å². The van der Waals surface area contributed by atoms with E-state index in [1.54, 1.807) is 0 Å². The zero-order valence-corrected chi connectivity index (χ0v) is 11.1. The Kier molecular flexibility index (Phi) is 1.68. The highest BCUT2D eigenvalue weighted by atomic mass is 28.1. The van der Waals surface area contributed by atoms with Crippen molar-refractivity contribution >= 4 is 10.2 Å². The van der Waals surface area contributed by atoms with Crippen LogP contribution in [0.15, 0.2) is 48.5 Å². The first-order valence-corrected chi connectivity index (χ1v) is 6.40. The van der Waals surface area contributed by atoms with Crippen LogP contribution in [0.2, 0.25) is 0 Å². The molecule has 0 unspecified atom stereocenters. The van der Waals surface area contributed by atoms with Crippen LogP contribution in [-0.2, 0) is 5.04 Å². The van der Waals surface area contributed by atoms with E-state index in [4.69, 9.17) is 0 Å². The third kappa shape index (κ3) is 1.07. The van der Waals surface area contributed by atoms with Gasteiger partial charge in [-0.3, -0.25) is 0 Å². The topological polar surface area (TPSA) is 0 Å². The van der Waals surface area contributed by atoms with Gasteiger partial charge in [0.05, 0.1) is 0 Å². The number of hydrogen-bond donors (Lipinski definition) is 0. The fourth-order valence-corrected chi connectivity index (χ4v) is 3.54. The van der Waals surface area contributed by atoms with Crippen LogP contribution in [0, 0.1) is 0 Å². The number of rotatable bonds is 0. The molecular formula is C14H14Si. The van der Waals surface area contributed by atoms with E-state index < -0.39 is 0 Å². The van der Waals surface area contributed by atoms with Gasteiger partial charge in [-0.2, -0.15) is 0 Å². The lowest BCUT2D eigenvalue weighted by molar-refractivity contribution is 0.849. The molecule has 2 aromatic rings. The van der Waals surface area contributed by atoms with Gasteiger partial charge < -0.3 is 0 Å². The van der Waals surface area contributed by atoms with Gasteiger partial charge in [0.25, 0.3) is 0 Å². The minimum absolute atomic E-state index is 0.299. The van der Waals surface area contributed by atoms with Crippen molar-refractivity contribution in [2.75, 3.05) is 0 Å². The van der Waals surface area contributed by atoms with E-state index in [2.05, 4.69) is 55.5 Å². The van der Waals surface area contributed by atoms with E-state index in [-0.39, 0.29) is 0 Å². The Balaban J connectivity index is 2.42. The van der Waals surface area contributed by atoms with Gasteiger partial charge >= 0.3 is 0 Å². The molecule has 0 bridgehead atoms. The number of fused-ring (bicyclic) bond motifs is 3. The second kappa shape index (κ2) is 2.83. The summed E-state index contributed by atoms with van der Waals surface area (Å²) in [6.45, 7) is 2.36. The average Bonchev–Trinajstić information content (AvgIpc) is 2.51. The summed E-state index contributed by atoms with van der Waals surface area (Å²) in [5, 5.41) is 0.299. The Morgan fingerprint density at radius 2 is 1.20 bits per heavy atom. The standard InChI is InChI=1S/C14H14Si/c1-14(15)12-8-4-2-6-10(12)11-7-3-5-9-13(11)14/h2-9H,1,15H3. The Morgan fingerprint density at radius 3 is 1.67 bits per heavy atom. The SMILES string of the molecule is CC1([SiH3])c2ccccc2-c2ccccc21. The fourth-order valence-electron chi connectivity index (χ4n) is 2.67. The van der Waals surface area contributed by atoms with Crippen LogP contribution in [-0.4, -0.2) is 10.2 Å². The molecule has 1 aliphatic rings. The van der Waals surface area contributed by atoms with Crippen LogP contribution < -0.4 is 0 Å². The van der Waals surface area contributed by atoms with Crippen LogP contribution in [0.25, 0.3) is 11.1 Å². The first-order chi connectivity index (χ1) is 7.21. The third-order valence-corrected chi connectivity index (χ3v) is 4.57. The van der Waals surface area contributed by atoms with E-state index in [0.717, 1.165) is 10.2 Å². The molecule has 3 rings (SSSR count). The Morgan fingerprint density at radius 1 is 0.800 bits per heavy atom. The van der Waals surface area contributed by atoms with Crippen molar-refractivity contribution in [1.29, 1.82) is 0 Å². The monoisotopic (exact) mass is 210 g/mol. The predicted octanol–water partition coefficient (Wildman–Crippen LogP) is 2.30. The van der Waals surface area contributed by atoms with E-state index in [0.29, 0.717) is 5.04 Å². The zero-order valence-electron chi connectivity index (χ0n) is 9.12. The van der Waals surface area contributed by atoms with E-state index >= 15 is 0 Å². The molecule has 0 heterocycles. The molecule has 15 heavy (non-hydrogen) atoms. The predicted molar refractivity (Wildman–Crippen MR) is 68.3 cm³/mol. The number of hydrogen-bond acceptors (Lipinski definition) is 0. The second-order valence-electron chi connectivity index (χ2n) is 4.72. The van der Waals surface area contributed by atoms with Gasteiger partial charge in [0.15, 0.2) is 0 Å². The van der Waals surface area contributed by atoms with Crippen molar-refractivity contribution in [3.05, 3.63) is 59.7 Å². The van der Waals surface area contributed by atoms with Crippen molar-refractivity contribution in [2.45, 2.75) is 12.0 Å². The maximum Gasteiger partial charge on any atom is 0.0215 e. The van der Waals surface area contributed by atoms with Crippen molar-refractivity contribution in [1.82, 2.24) is 0 Å². The van der Waals surface area contributed by atoms with E-state index in [9.17, 15) is 0 Å².